The molecule has 3 heterocycles. The summed E-state index contributed by atoms with van der Waals surface area (Å²) in [4.78, 5) is 23.0. The first kappa shape index (κ1) is 17.5. The molecule has 1 fully saturated rings. The molecule has 1 aliphatic rings. The molecule has 2 aromatic carbocycles. The number of anilines is 1. The largest absolute Gasteiger partial charge is 0.342 e. The van der Waals surface area contributed by atoms with Crippen molar-refractivity contribution >= 4 is 22.8 Å². The molecule has 7 nitrogen and oxygen atoms in total. The van der Waals surface area contributed by atoms with Crippen LogP contribution in [0.25, 0.3) is 16.7 Å². The number of likely N-dealkylation sites (tertiary alicyclic amines) is 1. The number of nitrogens with zero attached hydrogens (tertiary/aromatic N) is 4. The van der Waals surface area contributed by atoms with Crippen LogP contribution in [-0.2, 0) is 0 Å². The first-order valence-corrected chi connectivity index (χ1v) is 9.87. The molecule has 0 aliphatic carbocycles. The summed E-state index contributed by atoms with van der Waals surface area (Å²) in [5, 5.41) is 7.34. The zero-order valence-electron chi connectivity index (χ0n) is 16.0. The number of imidazole rings is 1. The minimum atomic E-state index is -0.0922. The van der Waals surface area contributed by atoms with Crippen molar-refractivity contribution in [3.05, 3.63) is 72.8 Å². The zero-order valence-corrected chi connectivity index (χ0v) is 16.0. The molecule has 2 N–H and O–H groups in total. The molecule has 5 rings (SSSR count). The van der Waals surface area contributed by atoms with Crippen LogP contribution in [0.4, 0.5) is 10.5 Å². The molecule has 1 aliphatic heterocycles. The Morgan fingerprint density at radius 2 is 1.97 bits per heavy atom. The molecule has 0 bridgehead atoms. The normalized spacial score (nSPS) is 16.8. The summed E-state index contributed by atoms with van der Waals surface area (Å²) < 4.78 is 1.75. The average molecular weight is 386 g/mol. The number of carbonyl (C=O) groups is 1. The van der Waals surface area contributed by atoms with Crippen LogP contribution in [0.5, 0.6) is 0 Å². The number of rotatable bonds is 3. The maximum Gasteiger partial charge on any atom is 0.321 e. The Hall–Kier alpha value is -3.61. The van der Waals surface area contributed by atoms with Gasteiger partial charge in [0.15, 0.2) is 0 Å². The number of H-pyrrole nitrogens is 1. The van der Waals surface area contributed by atoms with Crippen molar-refractivity contribution in [1.82, 2.24) is 24.6 Å². The maximum absolute atomic E-state index is 13.0. The molecular weight excluding hydrogens is 364 g/mol. The van der Waals surface area contributed by atoms with Crippen LogP contribution in [0.3, 0.4) is 0 Å². The van der Waals surface area contributed by atoms with E-state index in [2.05, 4.69) is 15.4 Å². The van der Waals surface area contributed by atoms with Gasteiger partial charge in [0.25, 0.3) is 0 Å². The number of carbonyl (C=O) groups excluding carboxylic acids is 1. The van der Waals surface area contributed by atoms with Crippen LogP contribution < -0.4 is 5.32 Å². The van der Waals surface area contributed by atoms with E-state index in [1.807, 2.05) is 65.7 Å². The molecule has 2 aromatic heterocycles. The lowest BCUT2D eigenvalue weighted by Gasteiger charge is -2.32. The molecular formula is C22H22N6O. The molecule has 2 amide bonds. The van der Waals surface area contributed by atoms with Gasteiger partial charge < -0.3 is 15.2 Å². The average Bonchev–Trinajstić information content (AvgIpc) is 3.44. The number of aromatic nitrogens is 4. The summed E-state index contributed by atoms with van der Waals surface area (Å²) in [6, 6.07) is 17.5. The van der Waals surface area contributed by atoms with Crippen LogP contribution in [-0.4, -0.2) is 43.8 Å². The van der Waals surface area contributed by atoms with E-state index in [-0.39, 0.29) is 11.9 Å². The second-order valence-electron chi connectivity index (χ2n) is 7.32. The molecule has 146 valence electrons. The molecule has 0 saturated carbocycles. The Balaban J connectivity index is 1.33. The summed E-state index contributed by atoms with van der Waals surface area (Å²) in [7, 11) is 0. The van der Waals surface area contributed by atoms with Crippen molar-refractivity contribution in [2.45, 2.75) is 18.8 Å². The van der Waals surface area contributed by atoms with Gasteiger partial charge in [0.05, 0.1) is 22.4 Å². The summed E-state index contributed by atoms with van der Waals surface area (Å²) in [6.45, 7) is 1.39. The lowest BCUT2D eigenvalue weighted by Crippen LogP contribution is -2.42. The number of benzene rings is 2. The fourth-order valence-corrected chi connectivity index (χ4v) is 3.94. The Bertz CT molecular complexity index is 1100. The minimum absolute atomic E-state index is 0.0922. The Kier molecular flexibility index (Phi) is 4.48. The van der Waals surface area contributed by atoms with E-state index in [4.69, 9.17) is 4.98 Å². The summed E-state index contributed by atoms with van der Waals surface area (Å²) in [5.41, 5.74) is 3.60. The van der Waals surface area contributed by atoms with Gasteiger partial charge in [-0.25, -0.2) is 14.5 Å². The van der Waals surface area contributed by atoms with Crippen LogP contribution in [0.15, 0.2) is 67.0 Å². The maximum atomic E-state index is 13.0. The number of urea groups is 1. The fraction of sp³-hybridized carbons (Fsp3) is 0.227. The second kappa shape index (κ2) is 7.43. The van der Waals surface area contributed by atoms with Gasteiger partial charge in [0.1, 0.15) is 5.82 Å². The Morgan fingerprint density at radius 1 is 1.10 bits per heavy atom. The van der Waals surface area contributed by atoms with Gasteiger partial charge >= 0.3 is 6.03 Å². The van der Waals surface area contributed by atoms with Gasteiger partial charge in [0.2, 0.25) is 0 Å². The van der Waals surface area contributed by atoms with E-state index in [9.17, 15) is 4.79 Å². The quantitative estimate of drug-likeness (QED) is 0.555. The van der Waals surface area contributed by atoms with E-state index in [1.165, 1.54) is 0 Å². The number of para-hydroxylation sites is 4. The SMILES string of the molecule is O=C(Nc1ccccc1-n1cccn1)N1CCCC(c2nc3ccccc3[nH]2)C1. The zero-order chi connectivity index (χ0) is 19.6. The van der Waals surface area contributed by atoms with Crippen molar-refractivity contribution in [3.63, 3.8) is 0 Å². The molecule has 0 spiro atoms. The first-order valence-electron chi connectivity index (χ1n) is 9.87. The summed E-state index contributed by atoms with van der Waals surface area (Å²) >= 11 is 0. The van der Waals surface area contributed by atoms with Crippen LogP contribution in [0, 0.1) is 0 Å². The highest BCUT2D eigenvalue weighted by atomic mass is 16.2. The highest BCUT2D eigenvalue weighted by molar-refractivity contribution is 5.91. The standard InChI is InChI=1S/C22H22N6O/c29-22(26-19-10-3-4-11-20(19)28-14-6-12-23-28)27-13-5-7-16(15-27)21-24-17-8-1-2-9-18(17)25-21/h1-4,6,8-12,14,16H,5,7,13,15H2,(H,24,25)(H,26,29). The van der Waals surface area contributed by atoms with Crippen molar-refractivity contribution in [2.24, 2.45) is 0 Å². The number of aromatic amines is 1. The Morgan fingerprint density at radius 3 is 2.83 bits per heavy atom. The van der Waals surface area contributed by atoms with E-state index in [1.54, 1.807) is 10.9 Å². The van der Waals surface area contributed by atoms with Gasteiger partial charge in [-0.1, -0.05) is 24.3 Å². The number of hydrogen-bond donors (Lipinski definition) is 2. The van der Waals surface area contributed by atoms with Gasteiger partial charge in [-0.15, -0.1) is 0 Å². The molecule has 1 atom stereocenters. The Labute approximate surface area is 168 Å². The number of nitrogens with one attached hydrogen (secondary N) is 2. The molecule has 4 aromatic rings. The molecule has 29 heavy (non-hydrogen) atoms. The van der Waals surface area contributed by atoms with E-state index in [0.717, 1.165) is 47.6 Å². The number of hydrogen-bond acceptors (Lipinski definition) is 3. The topological polar surface area (TPSA) is 78.8 Å². The molecule has 7 heteroatoms. The fourth-order valence-electron chi connectivity index (χ4n) is 3.94. The second-order valence-corrected chi connectivity index (χ2v) is 7.32. The third-order valence-corrected chi connectivity index (χ3v) is 5.40. The summed E-state index contributed by atoms with van der Waals surface area (Å²) in [5.74, 6) is 1.17. The summed E-state index contributed by atoms with van der Waals surface area (Å²) in [6.07, 6.45) is 5.56. The van der Waals surface area contributed by atoms with E-state index in [0.29, 0.717) is 6.54 Å². The third-order valence-electron chi connectivity index (χ3n) is 5.40. The van der Waals surface area contributed by atoms with Gasteiger partial charge in [0, 0.05) is 31.4 Å². The molecule has 1 unspecified atom stereocenters. The first-order chi connectivity index (χ1) is 14.3. The van der Waals surface area contributed by atoms with Gasteiger partial charge in [-0.2, -0.15) is 5.10 Å². The number of amides is 2. The van der Waals surface area contributed by atoms with Gasteiger partial charge in [-0.05, 0) is 43.2 Å². The lowest BCUT2D eigenvalue weighted by molar-refractivity contribution is 0.191. The lowest BCUT2D eigenvalue weighted by atomic mass is 9.97. The van der Waals surface area contributed by atoms with Crippen molar-refractivity contribution < 1.29 is 4.79 Å². The smallest absolute Gasteiger partial charge is 0.321 e. The molecule has 0 radical (unpaired) electrons. The minimum Gasteiger partial charge on any atom is -0.342 e. The number of fused-ring (bicyclic) bond motifs is 1. The van der Waals surface area contributed by atoms with Crippen molar-refractivity contribution in [1.29, 1.82) is 0 Å². The highest BCUT2D eigenvalue weighted by Crippen LogP contribution is 2.27. The predicted octanol–water partition coefficient (Wildman–Crippen LogP) is 4.16. The van der Waals surface area contributed by atoms with E-state index < -0.39 is 0 Å². The van der Waals surface area contributed by atoms with Crippen LogP contribution in [0.1, 0.15) is 24.6 Å². The molecule has 1 saturated heterocycles. The monoisotopic (exact) mass is 386 g/mol. The number of piperidine rings is 1. The predicted molar refractivity (Wildman–Crippen MR) is 112 cm³/mol. The van der Waals surface area contributed by atoms with Crippen molar-refractivity contribution in [3.8, 4) is 5.69 Å². The highest BCUT2D eigenvalue weighted by Gasteiger charge is 2.27. The van der Waals surface area contributed by atoms with Crippen LogP contribution >= 0.6 is 0 Å². The van der Waals surface area contributed by atoms with Crippen molar-refractivity contribution in [2.75, 3.05) is 18.4 Å². The third kappa shape index (κ3) is 3.47. The van der Waals surface area contributed by atoms with E-state index >= 15 is 0 Å². The van der Waals surface area contributed by atoms with Crippen LogP contribution in [0.2, 0.25) is 0 Å². The van der Waals surface area contributed by atoms with Gasteiger partial charge in [-0.3, -0.25) is 0 Å².